The average Bonchev–Trinajstić information content (AvgIpc) is 2.10. The molecule has 70 valence electrons. The number of hydrogen-bond acceptors (Lipinski definition) is 2. The van der Waals surface area contributed by atoms with Gasteiger partial charge in [-0.25, -0.2) is 0 Å². The number of aromatic hydroxyl groups is 1. The van der Waals surface area contributed by atoms with Crippen molar-refractivity contribution in [3.8, 4) is 5.75 Å². The van der Waals surface area contributed by atoms with Crippen molar-refractivity contribution in [3.05, 3.63) is 34.9 Å². The van der Waals surface area contributed by atoms with Crippen LogP contribution in [0.2, 0.25) is 0 Å². The van der Waals surface area contributed by atoms with Crippen LogP contribution in [0.25, 0.3) is 6.08 Å². The molecule has 0 aliphatic carbocycles. The van der Waals surface area contributed by atoms with Crippen molar-refractivity contribution in [2.75, 3.05) is 6.54 Å². The molecule has 0 bridgehead atoms. The smallest absolute Gasteiger partial charge is 0.121 e. The second-order valence-electron chi connectivity index (χ2n) is 3.14. The first-order chi connectivity index (χ1) is 6.15. The molecule has 0 spiro atoms. The molecule has 0 aliphatic heterocycles. The number of benzene rings is 1. The van der Waals surface area contributed by atoms with Crippen LogP contribution in [0.15, 0.2) is 18.2 Å². The van der Waals surface area contributed by atoms with Crippen LogP contribution < -0.4 is 5.73 Å². The molecule has 0 heterocycles. The highest BCUT2D eigenvalue weighted by molar-refractivity contribution is 5.55. The number of nitrogens with two attached hydrogens (primary N) is 1. The zero-order chi connectivity index (χ0) is 9.84. The van der Waals surface area contributed by atoms with Gasteiger partial charge in [0.2, 0.25) is 0 Å². The number of aryl methyl sites for hydroxylation is 2. The number of rotatable bonds is 2. The normalized spacial score (nSPS) is 11.0. The van der Waals surface area contributed by atoms with E-state index in [1.54, 1.807) is 0 Å². The average molecular weight is 177 g/mol. The third-order valence-corrected chi connectivity index (χ3v) is 1.96. The van der Waals surface area contributed by atoms with Crippen molar-refractivity contribution in [2.45, 2.75) is 13.8 Å². The summed E-state index contributed by atoms with van der Waals surface area (Å²) in [5.74, 6) is 0.380. The van der Waals surface area contributed by atoms with Gasteiger partial charge in [-0.3, -0.25) is 0 Å². The number of phenols is 1. The van der Waals surface area contributed by atoms with Crippen LogP contribution in [-0.2, 0) is 0 Å². The molecule has 0 radical (unpaired) electrons. The fourth-order valence-electron chi connectivity index (χ4n) is 1.29. The van der Waals surface area contributed by atoms with E-state index in [2.05, 4.69) is 0 Å². The molecule has 2 heteroatoms. The summed E-state index contributed by atoms with van der Waals surface area (Å²) >= 11 is 0. The highest BCUT2D eigenvalue weighted by atomic mass is 16.3. The van der Waals surface area contributed by atoms with Crippen molar-refractivity contribution in [1.29, 1.82) is 0 Å². The van der Waals surface area contributed by atoms with Gasteiger partial charge in [0.1, 0.15) is 5.75 Å². The van der Waals surface area contributed by atoms with Gasteiger partial charge in [0.25, 0.3) is 0 Å². The van der Waals surface area contributed by atoms with Crippen molar-refractivity contribution >= 4 is 6.08 Å². The van der Waals surface area contributed by atoms with Crippen molar-refractivity contribution in [3.63, 3.8) is 0 Å². The fraction of sp³-hybridized carbons (Fsp3) is 0.273. The predicted octanol–water partition coefficient (Wildman–Crippen LogP) is 1.98. The van der Waals surface area contributed by atoms with Gasteiger partial charge in [0.05, 0.1) is 0 Å². The zero-order valence-electron chi connectivity index (χ0n) is 8.04. The summed E-state index contributed by atoms with van der Waals surface area (Å²) in [6, 6.07) is 3.88. The third-order valence-electron chi connectivity index (χ3n) is 1.96. The van der Waals surface area contributed by atoms with Crippen LogP contribution in [0, 0.1) is 13.8 Å². The van der Waals surface area contributed by atoms with E-state index in [4.69, 9.17) is 5.73 Å². The Morgan fingerprint density at radius 3 is 2.31 bits per heavy atom. The Morgan fingerprint density at radius 2 is 1.85 bits per heavy atom. The van der Waals surface area contributed by atoms with Gasteiger partial charge in [-0.15, -0.1) is 0 Å². The van der Waals surface area contributed by atoms with Gasteiger partial charge in [0, 0.05) is 6.54 Å². The van der Waals surface area contributed by atoms with E-state index >= 15 is 0 Å². The van der Waals surface area contributed by atoms with Crippen molar-refractivity contribution in [1.82, 2.24) is 0 Å². The summed E-state index contributed by atoms with van der Waals surface area (Å²) < 4.78 is 0. The fourth-order valence-corrected chi connectivity index (χ4v) is 1.29. The lowest BCUT2D eigenvalue weighted by Gasteiger charge is -2.04. The summed E-state index contributed by atoms with van der Waals surface area (Å²) in [5.41, 5.74) is 8.23. The van der Waals surface area contributed by atoms with Crippen LogP contribution >= 0.6 is 0 Å². The van der Waals surface area contributed by atoms with Gasteiger partial charge >= 0.3 is 0 Å². The minimum absolute atomic E-state index is 0.380. The van der Waals surface area contributed by atoms with E-state index in [-0.39, 0.29) is 0 Å². The van der Waals surface area contributed by atoms with Crippen LogP contribution in [0.3, 0.4) is 0 Å². The van der Waals surface area contributed by atoms with E-state index in [1.165, 1.54) is 0 Å². The van der Waals surface area contributed by atoms with Crippen molar-refractivity contribution < 1.29 is 5.11 Å². The lowest BCUT2D eigenvalue weighted by molar-refractivity contribution is 0.467. The SMILES string of the molecule is Cc1cc(/C=C/CN)cc(C)c1O. The Labute approximate surface area is 78.7 Å². The maximum atomic E-state index is 9.51. The first kappa shape index (κ1) is 9.81. The molecular weight excluding hydrogens is 162 g/mol. The quantitative estimate of drug-likeness (QED) is 0.725. The first-order valence-corrected chi connectivity index (χ1v) is 4.32. The Hall–Kier alpha value is -1.28. The monoisotopic (exact) mass is 177 g/mol. The summed E-state index contributed by atoms with van der Waals surface area (Å²) in [6.07, 6.45) is 3.85. The highest BCUT2D eigenvalue weighted by Crippen LogP contribution is 2.23. The molecule has 0 fully saturated rings. The second-order valence-corrected chi connectivity index (χ2v) is 3.14. The highest BCUT2D eigenvalue weighted by Gasteiger charge is 2.00. The maximum Gasteiger partial charge on any atom is 0.121 e. The van der Waals surface area contributed by atoms with Crippen LogP contribution in [-0.4, -0.2) is 11.7 Å². The Balaban J connectivity index is 3.06. The lowest BCUT2D eigenvalue weighted by atomic mass is 10.1. The largest absolute Gasteiger partial charge is 0.507 e. The Morgan fingerprint density at radius 1 is 1.31 bits per heavy atom. The van der Waals surface area contributed by atoms with Gasteiger partial charge < -0.3 is 10.8 Å². The molecule has 1 aromatic carbocycles. The minimum atomic E-state index is 0.380. The molecule has 2 nitrogen and oxygen atoms in total. The Kier molecular flexibility index (Phi) is 3.09. The summed E-state index contributed by atoms with van der Waals surface area (Å²) in [4.78, 5) is 0. The van der Waals surface area contributed by atoms with E-state index in [1.807, 2.05) is 38.1 Å². The van der Waals surface area contributed by atoms with Gasteiger partial charge in [-0.05, 0) is 42.7 Å². The van der Waals surface area contributed by atoms with Crippen LogP contribution in [0.4, 0.5) is 0 Å². The predicted molar refractivity (Wildman–Crippen MR) is 55.7 cm³/mol. The molecular formula is C11H15NO. The summed E-state index contributed by atoms with van der Waals surface area (Å²) in [7, 11) is 0. The molecule has 0 atom stereocenters. The molecule has 1 aromatic rings. The summed E-state index contributed by atoms with van der Waals surface area (Å²) in [5, 5.41) is 9.51. The van der Waals surface area contributed by atoms with Gasteiger partial charge in [-0.2, -0.15) is 0 Å². The molecule has 0 saturated carbocycles. The zero-order valence-corrected chi connectivity index (χ0v) is 8.04. The molecule has 0 saturated heterocycles. The molecule has 0 unspecified atom stereocenters. The second kappa shape index (κ2) is 4.10. The van der Waals surface area contributed by atoms with Gasteiger partial charge in [0.15, 0.2) is 0 Å². The number of hydrogen-bond donors (Lipinski definition) is 2. The number of phenolic OH excluding ortho intramolecular Hbond substituents is 1. The maximum absolute atomic E-state index is 9.51. The van der Waals surface area contributed by atoms with E-state index in [9.17, 15) is 5.11 Å². The van der Waals surface area contributed by atoms with Crippen LogP contribution in [0.1, 0.15) is 16.7 Å². The lowest BCUT2D eigenvalue weighted by Crippen LogP contribution is -1.92. The topological polar surface area (TPSA) is 46.2 Å². The first-order valence-electron chi connectivity index (χ1n) is 4.32. The van der Waals surface area contributed by atoms with Crippen molar-refractivity contribution in [2.24, 2.45) is 5.73 Å². The molecule has 13 heavy (non-hydrogen) atoms. The third kappa shape index (κ3) is 2.33. The molecule has 1 rings (SSSR count). The molecule has 0 aromatic heterocycles. The Bertz CT molecular complexity index is 306. The van der Waals surface area contributed by atoms with Gasteiger partial charge in [-0.1, -0.05) is 12.2 Å². The van der Waals surface area contributed by atoms with E-state index < -0.39 is 0 Å². The summed E-state index contributed by atoms with van der Waals surface area (Å²) in [6.45, 7) is 4.32. The van der Waals surface area contributed by atoms with E-state index in [0.29, 0.717) is 12.3 Å². The van der Waals surface area contributed by atoms with E-state index in [0.717, 1.165) is 16.7 Å². The minimum Gasteiger partial charge on any atom is -0.507 e. The molecule has 3 N–H and O–H groups in total. The molecule has 0 aliphatic rings. The standard InChI is InChI=1S/C11H15NO/c1-8-6-10(4-3-5-12)7-9(2)11(8)13/h3-4,6-7,13H,5,12H2,1-2H3/b4-3+. The van der Waals surface area contributed by atoms with Crippen LogP contribution in [0.5, 0.6) is 5.75 Å². The molecule has 0 amide bonds.